The van der Waals surface area contributed by atoms with Gasteiger partial charge in [-0.2, -0.15) is 0 Å². The zero-order valence-corrected chi connectivity index (χ0v) is 18.1. The number of benzene rings is 2. The summed E-state index contributed by atoms with van der Waals surface area (Å²) in [5.41, 5.74) is 0.719. The Kier molecular flexibility index (Phi) is 4.86. The topological polar surface area (TPSA) is 52.6 Å². The van der Waals surface area contributed by atoms with Gasteiger partial charge in [-0.05, 0) is 55.9 Å². The highest BCUT2D eigenvalue weighted by Crippen LogP contribution is 2.58. The molecule has 2 heterocycles. The first-order valence-electron chi connectivity index (χ1n) is 10.3. The summed E-state index contributed by atoms with van der Waals surface area (Å²) < 4.78 is 15.2. The Labute approximate surface area is 185 Å². The lowest BCUT2D eigenvalue weighted by Gasteiger charge is -2.40. The number of fused-ring (bicyclic) bond motifs is 2. The van der Waals surface area contributed by atoms with E-state index in [0.29, 0.717) is 35.2 Å². The van der Waals surface area contributed by atoms with Crippen molar-refractivity contribution in [1.82, 2.24) is 4.90 Å². The Morgan fingerprint density at radius 2 is 2.07 bits per heavy atom. The molecule has 2 aromatic rings. The molecule has 158 valence electrons. The highest BCUT2D eigenvalue weighted by Gasteiger charge is 2.64. The van der Waals surface area contributed by atoms with Crippen molar-refractivity contribution in [3.63, 3.8) is 0 Å². The van der Waals surface area contributed by atoms with E-state index in [1.54, 1.807) is 31.2 Å². The van der Waals surface area contributed by atoms with Crippen molar-refractivity contribution >= 4 is 34.8 Å². The first-order valence-corrected chi connectivity index (χ1v) is 11.1. The number of hydrogen-bond acceptors (Lipinski definition) is 3. The van der Waals surface area contributed by atoms with E-state index in [4.69, 9.17) is 23.2 Å². The van der Waals surface area contributed by atoms with Gasteiger partial charge in [0, 0.05) is 34.8 Å². The molecule has 30 heavy (non-hydrogen) atoms. The summed E-state index contributed by atoms with van der Waals surface area (Å²) in [7, 11) is 0. The smallest absolute Gasteiger partial charge is 0.250 e. The number of amides is 1. The molecule has 3 aliphatic rings. The largest absolute Gasteiger partial charge is 0.392 e. The van der Waals surface area contributed by atoms with Gasteiger partial charge in [-0.15, -0.1) is 0 Å². The van der Waals surface area contributed by atoms with Crippen molar-refractivity contribution in [3.05, 3.63) is 63.4 Å². The molecule has 2 aromatic carbocycles. The number of aliphatic hydroxyl groups is 1. The molecule has 2 aliphatic heterocycles. The molecule has 2 N–H and O–H groups in total. The van der Waals surface area contributed by atoms with Crippen molar-refractivity contribution in [2.75, 3.05) is 11.9 Å². The summed E-state index contributed by atoms with van der Waals surface area (Å²) in [5.74, 6) is -0.712. The van der Waals surface area contributed by atoms with Crippen LogP contribution in [0.25, 0.3) is 0 Å². The van der Waals surface area contributed by atoms with E-state index in [1.807, 2.05) is 6.07 Å². The molecule has 0 radical (unpaired) electrons. The second-order valence-corrected chi connectivity index (χ2v) is 9.59. The molecule has 1 spiro atoms. The molecule has 0 aromatic heterocycles. The highest BCUT2D eigenvalue weighted by molar-refractivity contribution is 6.31. The van der Waals surface area contributed by atoms with Gasteiger partial charge in [-0.3, -0.25) is 9.69 Å². The lowest BCUT2D eigenvalue weighted by Crippen LogP contribution is -2.54. The second-order valence-electron chi connectivity index (χ2n) is 8.75. The quantitative estimate of drug-likeness (QED) is 0.696. The molecule has 1 amide bonds. The van der Waals surface area contributed by atoms with Gasteiger partial charge in [0.2, 0.25) is 5.91 Å². The van der Waals surface area contributed by atoms with Gasteiger partial charge in [-0.1, -0.05) is 41.4 Å². The van der Waals surface area contributed by atoms with E-state index in [9.17, 15) is 9.90 Å². The van der Waals surface area contributed by atoms with Crippen LogP contribution in [0.2, 0.25) is 10.0 Å². The van der Waals surface area contributed by atoms with Gasteiger partial charge in [0.15, 0.2) is 0 Å². The van der Waals surface area contributed by atoms with Crippen LogP contribution in [0.4, 0.5) is 10.1 Å². The van der Waals surface area contributed by atoms with E-state index in [1.165, 1.54) is 6.07 Å². The fraction of sp³-hybridized carbons (Fsp3) is 0.435. The maximum Gasteiger partial charge on any atom is 0.250 e. The van der Waals surface area contributed by atoms with E-state index in [2.05, 4.69) is 10.2 Å². The van der Waals surface area contributed by atoms with E-state index < -0.39 is 23.4 Å². The van der Waals surface area contributed by atoms with Crippen LogP contribution in [-0.4, -0.2) is 34.6 Å². The first kappa shape index (κ1) is 20.3. The van der Waals surface area contributed by atoms with Crippen LogP contribution < -0.4 is 5.32 Å². The Morgan fingerprint density at radius 3 is 2.77 bits per heavy atom. The number of rotatable bonds is 4. The molecule has 0 bridgehead atoms. The zero-order chi connectivity index (χ0) is 21.2. The minimum Gasteiger partial charge on any atom is -0.392 e. The molecule has 5 rings (SSSR count). The van der Waals surface area contributed by atoms with Crippen molar-refractivity contribution < 1.29 is 14.3 Å². The van der Waals surface area contributed by atoms with Gasteiger partial charge in [0.25, 0.3) is 0 Å². The molecule has 1 unspecified atom stereocenters. The van der Waals surface area contributed by atoms with Crippen LogP contribution in [0.15, 0.2) is 36.4 Å². The van der Waals surface area contributed by atoms with Gasteiger partial charge in [0.1, 0.15) is 11.4 Å². The Bertz CT molecular complexity index is 1030. The van der Waals surface area contributed by atoms with Crippen LogP contribution in [-0.2, 0) is 10.3 Å². The van der Waals surface area contributed by atoms with E-state index in [-0.39, 0.29) is 17.0 Å². The minimum atomic E-state index is -1.12. The number of nitrogens with one attached hydrogen (secondary N) is 1. The minimum absolute atomic E-state index is 0.0339. The summed E-state index contributed by atoms with van der Waals surface area (Å²) in [4.78, 5) is 15.8. The third kappa shape index (κ3) is 2.90. The van der Waals surface area contributed by atoms with Crippen LogP contribution in [0, 0.1) is 11.7 Å². The Hall–Kier alpha value is -1.66. The summed E-state index contributed by atoms with van der Waals surface area (Å²) in [6, 6.07) is 10.0. The molecule has 1 aliphatic carbocycles. The van der Waals surface area contributed by atoms with Crippen molar-refractivity contribution in [2.24, 2.45) is 5.92 Å². The molecule has 7 heteroatoms. The number of hydrogen-bond donors (Lipinski definition) is 2. The number of nitrogens with zero attached hydrogens (tertiary/aromatic N) is 1. The maximum absolute atomic E-state index is 15.2. The second kappa shape index (κ2) is 7.20. The molecule has 1 saturated heterocycles. The molecule has 4 nitrogen and oxygen atoms in total. The number of aliphatic hydroxyl groups excluding tert-OH is 1. The lowest BCUT2D eigenvalue weighted by atomic mass is 9.75. The maximum atomic E-state index is 15.2. The number of likely N-dealkylation sites (tertiary alicyclic amines) is 1. The Balaban J connectivity index is 1.76. The predicted octanol–water partition coefficient (Wildman–Crippen LogP) is 4.93. The van der Waals surface area contributed by atoms with Gasteiger partial charge in [-0.25, -0.2) is 4.39 Å². The number of carbonyl (C=O) groups excluding carboxylic acids is 1. The average molecular weight is 449 g/mol. The fourth-order valence-corrected chi connectivity index (χ4v) is 5.74. The van der Waals surface area contributed by atoms with E-state index >= 15 is 4.39 Å². The van der Waals surface area contributed by atoms with Crippen molar-refractivity contribution in [2.45, 2.75) is 49.8 Å². The molecular weight excluding hydrogens is 426 g/mol. The monoisotopic (exact) mass is 448 g/mol. The summed E-state index contributed by atoms with van der Waals surface area (Å²) in [6.45, 7) is 2.42. The number of anilines is 1. The first-order chi connectivity index (χ1) is 14.3. The van der Waals surface area contributed by atoms with Crippen molar-refractivity contribution in [3.8, 4) is 0 Å². The SMILES string of the molecule is C[C@H](O)C1C[C@@H](c2cccc(Cl)c2F)[C@@]2(C(=O)Nc3cc(Cl)ccc32)N1CC1CC1. The van der Waals surface area contributed by atoms with Crippen LogP contribution >= 0.6 is 23.2 Å². The average Bonchev–Trinajstić information content (AvgIpc) is 3.38. The Morgan fingerprint density at radius 1 is 1.30 bits per heavy atom. The van der Waals surface area contributed by atoms with Crippen molar-refractivity contribution in [1.29, 1.82) is 0 Å². The van der Waals surface area contributed by atoms with E-state index in [0.717, 1.165) is 18.4 Å². The molecule has 1 saturated carbocycles. The summed E-state index contributed by atoms with van der Waals surface area (Å²) in [6.07, 6.45) is 1.99. The van der Waals surface area contributed by atoms with Gasteiger partial charge in [0.05, 0.1) is 11.1 Å². The third-order valence-electron chi connectivity index (χ3n) is 6.89. The normalized spacial score (nSPS) is 29.3. The summed E-state index contributed by atoms with van der Waals surface area (Å²) >= 11 is 12.3. The molecule has 2 fully saturated rings. The van der Waals surface area contributed by atoms with Gasteiger partial charge < -0.3 is 10.4 Å². The lowest BCUT2D eigenvalue weighted by molar-refractivity contribution is -0.128. The number of halogens is 3. The standard InChI is InChI=1S/C23H23Cl2FN2O2/c1-12(29)20-10-17(15-3-2-4-18(25)21(15)26)23(28(20)11-13-5-6-13)16-8-7-14(24)9-19(16)27-22(23)30/h2-4,7-9,12-13,17,20,29H,5-6,10-11H2,1H3,(H,27,30)/t12-,17-,20?,23-/m0/s1. The number of carbonyl (C=O) groups is 1. The third-order valence-corrected chi connectivity index (χ3v) is 7.41. The molecular formula is C23H23Cl2FN2O2. The molecule has 4 atom stereocenters. The fourth-order valence-electron chi connectivity index (χ4n) is 5.38. The zero-order valence-electron chi connectivity index (χ0n) is 16.5. The summed E-state index contributed by atoms with van der Waals surface area (Å²) in [5, 5.41) is 14.2. The van der Waals surface area contributed by atoms with Crippen LogP contribution in [0.5, 0.6) is 0 Å². The van der Waals surface area contributed by atoms with Gasteiger partial charge >= 0.3 is 0 Å². The van der Waals surface area contributed by atoms with Crippen LogP contribution in [0.1, 0.15) is 43.2 Å². The predicted molar refractivity (Wildman–Crippen MR) is 115 cm³/mol. The van der Waals surface area contributed by atoms with Crippen LogP contribution in [0.3, 0.4) is 0 Å². The highest BCUT2D eigenvalue weighted by atomic mass is 35.5.